The number of aryl methyl sites for hydroxylation is 1. The minimum absolute atomic E-state index is 0.0865. The Hall–Kier alpha value is -1.25. The number of amides is 1. The van der Waals surface area contributed by atoms with E-state index < -0.39 is 0 Å². The summed E-state index contributed by atoms with van der Waals surface area (Å²) in [5.74, 6) is 1.92. The summed E-state index contributed by atoms with van der Waals surface area (Å²) in [6.07, 6.45) is 3.33. The van der Waals surface area contributed by atoms with Crippen LogP contribution in [0.2, 0.25) is 0 Å². The van der Waals surface area contributed by atoms with Gasteiger partial charge in [-0.05, 0) is 30.9 Å². The van der Waals surface area contributed by atoms with E-state index in [0.717, 1.165) is 18.7 Å². The van der Waals surface area contributed by atoms with Gasteiger partial charge in [-0.3, -0.25) is 4.79 Å². The van der Waals surface area contributed by atoms with Crippen LogP contribution in [0.15, 0.2) is 16.5 Å². The lowest BCUT2D eigenvalue weighted by Crippen LogP contribution is -2.24. The molecule has 1 N–H and O–H groups in total. The van der Waals surface area contributed by atoms with Crippen molar-refractivity contribution in [3.05, 3.63) is 23.7 Å². The van der Waals surface area contributed by atoms with Gasteiger partial charge in [0.2, 0.25) is 0 Å². The van der Waals surface area contributed by atoms with E-state index >= 15 is 0 Å². The Bertz CT molecular complexity index is 326. The molecular formula is C11H15NO2. The molecule has 1 aromatic rings. The molecule has 1 amide bonds. The zero-order chi connectivity index (χ0) is 9.97. The number of nitrogens with one attached hydrogen (secondary N) is 1. The van der Waals surface area contributed by atoms with Gasteiger partial charge < -0.3 is 9.73 Å². The molecule has 0 spiro atoms. The van der Waals surface area contributed by atoms with Crippen LogP contribution >= 0.6 is 0 Å². The van der Waals surface area contributed by atoms with E-state index in [4.69, 9.17) is 4.42 Å². The Morgan fingerprint density at radius 2 is 2.36 bits per heavy atom. The zero-order valence-electron chi connectivity index (χ0n) is 8.38. The average Bonchev–Trinajstić information content (AvgIpc) is 2.90. The SMILES string of the molecule is CCc1ccc(C(=O)NCC2CC2)o1. The molecule has 0 aliphatic heterocycles. The van der Waals surface area contributed by atoms with Crippen LogP contribution in [0, 0.1) is 5.92 Å². The summed E-state index contributed by atoms with van der Waals surface area (Å²) >= 11 is 0. The molecule has 1 heterocycles. The first-order valence-corrected chi connectivity index (χ1v) is 5.16. The minimum atomic E-state index is -0.0865. The molecule has 0 bridgehead atoms. The molecule has 0 radical (unpaired) electrons. The largest absolute Gasteiger partial charge is 0.456 e. The summed E-state index contributed by atoms with van der Waals surface area (Å²) < 4.78 is 5.34. The quantitative estimate of drug-likeness (QED) is 0.794. The van der Waals surface area contributed by atoms with Crippen molar-refractivity contribution < 1.29 is 9.21 Å². The maximum atomic E-state index is 11.5. The number of carbonyl (C=O) groups is 1. The molecule has 3 heteroatoms. The van der Waals surface area contributed by atoms with Crippen LogP contribution in [0.25, 0.3) is 0 Å². The maximum absolute atomic E-state index is 11.5. The third-order valence-electron chi connectivity index (χ3n) is 2.48. The van der Waals surface area contributed by atoms with Gasteiger partial charge in [-0.15, -0.1) is 0 Å². The van der Waals surface area contributed by atoms with Crippen molar-refractivity contribution in [3.63, 3.8) is 0 Å². The van der Waals surface area contributed by atoms with Gasteiger partial charge in [-0.2, -0.15) is 0 Å². The standard InChI is InChI=1S/C11H15NO2/c1-2-9-5-6-10(14-9)11(13)12-7-8-3-4-8/h5-6,8H,2-4,7H2,1H3,(H,12,13). The lowest BCUT2D eigenvalue weighted by Gasteiger charge is -2.00. The van der Waals surface area contributed by atoms with Gasteiger partial charge in [0, 0.05) is 13.0 Å². The molecule has 0 atom stereocenters. The van der Waals surface area contributed by atoms with Crippen molar-refractivity contribution in [1.82, 2.24) is 5.32 Å². The Morgan fingerprint density at radius 3 is 2.93 bits per heavy atom. The molecule has 0 unspecified atom stereocenters. The van der Waals surface area contributed by atoms with Gasteiger partial charge in [-0.1, -0.05) is 6.92 Å². The van der Waals surface area contributed by atoms with Crippen LogP contribution in [-0.4, -0.2) is 12.5 Å². The second kappa shape index (κ2) is 3.86. The van der Waals surface area contributed by atoms with E-state index in [0.29, 0.717) is 11.7 Å². The number of hydrogen-bond acceptors (Lipinski definition) is 2. The fourth-order valence-electron chi connectivity index (χ4n) is 1.34. The van der Waals surface area contributed by atoms with E-state index in [1.165, 1.54) is 12.8 Å². The van der Waals surface area contributed by atoms with Crippen molar-refractivity contribution in [2.75, 3.05) is 6.54 Å². The zero-order valence-corrected chi connectivity index (χ0v) is 8.38. The van der Waals surface area contributed by atoms with Gasteiger partial charge >= 0.3 is 0 Å². The highest BCUT2D eigenvalue weighted by Crippen LogP contribution is 2.27. The highest BCUT2D eigenvalue weighted by atomic mass is 16.3. The summed E-state index contributed by atoms with van der Waals surface area (Å²) in [7, 11) is 0. The Labute approximate surface area is 83.5 Å². The predicted octanol–water partition coefficient (Wildman–Crippen LogP) is 1.98. The van der Waals surface area contributed by atoms with E-state index in [9.17, 15) is 4.79 Å². The van der Waals surface area contributed by atoms with E-state index in [1.807, 2.05) is 13.0 Å². The average molecular weight is 193 g/mol. The molecule has 1 fully saturated rings. The molecule has 14 heavy (non-hydrogen) atoms. The van der Waals surface area contributed by atoms with Crippen LogP contribution in [0.1, 0.15) is 36.1 Å². The Balaban J connectivity index is 1.88. The molecule has 1 aromatic heterocycles. The van der Waals surface area contributed by atoms with Gasteiger partial charge in [0.1, 0.15) is 5.76 Å². The highest BCUT2D eigenvalue weighted by molar-refractivity contribution is 5.91. The normalized spacial score (nSPS) is 15.5. The molecule has 3 nitrogen and oxygen atoms in total. The summed E-state index contributed by atoms with van der Waals surface area (Å²) in [5, 5.41) is 2.87. The monoisotopic (exact) mass is 193 g/mol. The van der Waals surface area contributed by atoms with Crippen LogP contribution < -0.4 is 5.32 Å². The molecule has 2 rings (SSSR count). The van der Waals surface area contributed by atoms with Crippen LogP contribution in [0.3, 0.4) is 0 Å². The summed E-state index contributed by atoms with van der Waals surface area (Å²) in [4.78, 5) is 11.5. The van der Waals surface area contributed by atoms with Crippen LogP contribution in [-0.2, 0) is 6.42 Å². The molecule has 1 aliphatic carbocycles. The molecule has 76 valence electrons. The highest BCUT2D eigenvalue weighted by Gasteiger charge is 2.22. The van der Waals surface area contributed by atoms with Crippen molar-refractivity contribution >= 4 is 5.91 Å². The fraction of sp³-hybridized carbons (Fsp3) is 0.545. The van der Waals surface area contributed by atoms with Crippen molar-refractivity contribution in [2.24, 2.45) is 5.92 Å². The topological polar surface area (TPSA) is 42.2 Å². The van der Waals surface area contributed by atoms with E-state index in [1.54, 1.807) is 6.07 Å². The van der Waals surface area contributed by atoms with Crippen molar-refractivity contribution in [1.29, 1.82) is 0 Å². The van der Waals surface area contributed by atoms with E-state index in [2.05, 4.69) is 5.32 Å². The van der Waals surface area contributed by atoms with Crippen molar-refractivity contribution in [3.8, 4) is 0 Å². The second-order valence-corrected chi connectivity index (χ2v) is 3.77. The summed E-state index contributed by atoms with van der Waals surface area (Å²) in [6.45, 7) is 2.80. The first-order chi connectivity index (χ1) is 6.79. The predicted molar refractivity (Wildman–Crippen MR) is 53.1 cm³/mol. The third kappa shape index (κ3) is 2.16. The first-order valence-electron chi connectivity index (χ1n) is 5.16. The van der Waals surface area contributed by atoms with Gasteiger partial charge in [-0.25, -0.2) is 0 Å². The molecule has 0 saturated heterocycles. The van der Waals surface area contributed by atoms with Gasteiger partial charge in [0.15, 0.2) is 5.76 Å². The maximum Gasteiger partial charge on any atom is 0.287 e. The lowest BCUT2D eigenvalue weighted by molar-refractivity contribution is 0.0922. The van der Waals surface area contributed by atoms with Crippen molar-refractivity contribution in [2.45, 2.75) is 26.2 Å². The minimum Gasteiger partial charge on any atom is -0.456 e. The molecule has 0 aromatic carbocycles. The smallest absolute Gasteiger partial charge is 0.287 e. The van der Waals surface area contributed by atoms with Gasteiger partial charge in [0.05, 0.1) is 0 Å². The van der Waals surface area contributed by atoms with Gasteiger partial charge in [0.25, 0.3) is 5.91 Å². The first kappa shape index (κ1) is 9.31. The fourth-order valence-corrected chi connectivity index (χ4v) is 1.34. The van der Waals surface area contributed by atoms with Crippen LogP contribution in [0.5, 0.6) is 0 Å². The van der Waals surface area contributed by atoms with Crippen LogP contribution in [0.4, 0.5) is 0 Å². The third-order valence-corrected chi connectivity index (χ3v) is 2.48. The Kier molecular flexibility index (Phi) is 2.57. The summed E-state index contributed by atoms with van der Waals surface area (Å²) in [5.41, 5.74) is 0. The molecular weight excluding hydrogens is 178 g/mol. The Morgan fingerprint density at radius 1 is 1.57 bits per heavy atom. The van der Waals surface area contributed by atoms with E-state index in [-0.39, 0.29) is 5.91 Å². The number of carbonyl (C=O) groups excluding carboxylic acids is 1. The number of furan rings is 1. The molecule has 1 aliphatic rings. The summed E-state index contributed by atoms with van der Waals surface area (Å²) in [6, 6.07) is 3.59. The number of rotatable bonds is 4. The number of hydrogen-bond donors (Lipinski definition) is 1. The second-order valence-electron chi connectivity index (χ2n) is 3.77. The lowest BCUT2D eigenvalue weighted by atomic mass is 10.3. The molecule has 1 saturated carbocycles.